The van der Waals surface area contributed by atoms with Crippen LogP contribution in [-0.4, -0.2) is 49.3 Å². The number of hydrogen-bond acceptors (Lipinski definition) is 5. The number of halogens is 1. The standard InChI is InChI=1S/C23H24FN3O4S/c1-14-19(22(29)31-12-11-30-3)20(26-23(32)27(14)2)15-7-9-18(10-8-15)25-21(28)16-5-4-6-17(24)13-16/h4-10,13,20H,11-12H2,1-3H3,(H,25,28)(H,26,32). The number of carbonyl (C=O) groups excluding carboxylic acids is 2. The SMILES string of the molecule is COCCOC(=O)C1=C(C)N(C)C(=S)NC1c1ccc(NC(=O)c2cccc(F)c2)cc1. The van der Waals surface area contributed by atoms with E-state index in [2.05, 4.69) is 10.6 Å². The first-order valence-corrected chi connectivity index (χ1v) is 10.3. The zero-order chi connectivity index (χ0) is 23.3. The molecule has 0 spiro atoms. The zero-order valence-corrected chi connectivity index (χ0v) is 18.8. The molecule has 1 amide bonds. The molecule has 2 N–H and O–H groups in total. The van der Waals surface area contributed by atoms with Crippen LogP contribution >= 0.6 is 12.2 Å². The van der Waals surface area contributed by atoms with E-state index >= 15 is 0 Å². The molecular formula is C23H24FN3O4S. The predicted octanol–water partition coefficient (Wildman–Crippen LogP) is 3.40. The summed E-state index contributed by atoms with van der Waals surface area (Å²) in [6, 6.07) is 11.9. The number of nitrogens with zero attached hydrogens (tertiary/aromatic N) is 1. The van der Waals surface area contributed by atoms with Crippen LogP contribution in [0.15, 0.2) is 59.8 Å². The highest BCUT2D eigenvalue weighted by molar-refractivity contribution is 7.80. The van der Waals surface area contributed by atoms with Crippen molar-refractivity contribution < 1.29 is 23.5 Å². The van der Waals surface area contributed by atoms with Gasteiger partial charge in [0.1, 0.15) is 12.4 Å². The fraction of sp³-hybridized carbons (Fsp3) is 0.261. The summed E-state index contributed by atoms with van der Waals surface area (Å²) in [6.07, 6.45) is 0. The minimum atomic E-state index is -0.512. The van der Waals surface area contributed by atoms with Crippen molar-refractivity contribution in [3.8, 4) is 0 Å². The highest BCUT2D eigenvalue weighted by Gasteiger charge is 2.33. The molecule has 0 aromatic heterocycles. The van der Waals surface area contributed by atoms with Crippen molar-refractivity contribution in [3.63, 3.8) is 0 Å². The number of ether oxygens (including phenoxy) is 2. The van der Waals surface area contributed by atoms with Gasteiger partial charge in [0.25, 0.3) is 5.91 Å². The molecule has 1 unspecified atom stereocenters. The van der Waals surface area contributed by atoms with E-state index in [1.807, 2.05) is 0 Å². The van der Waals surface area contributed by atoms with E-state index < -0.39 is 23.7 Å². The molecule has 2 aromatic carbocycles. The maximum Gasteiger partial charge on any atom is 0.338 e. The number of esters is 1. The van der Waals surface area contributed by atoms with Gasteiger partial charge in [0.2, 0.25) is 0 Å². The number of methoxy groups -OCH3 is 1. The van der Waals surface area contributed by atoms with Crippen LogP contribution in [0.4, 0.5) is 10.1 Å². The van der Waals surface area contributed by atoms with Crippen LogP contribution in [0.3, 0.4) is 0 Å². The molecule has 7 nitrogen and oxygen atoms in total. The second kappa shape index (κ2) is 10.3. The smallest absolute Gasteiger partial charge is 0.338 e. The summed E-state index contributed by atoms with van der Waals surface area (Å²) in [5, 5.41) is 6.37. The van der Waals surface area contributed by atoms with Crippen LogP contribution in [0.5, 0.6) is 0 Å². The van der Waals surface area contributed by atoms with Gasteiger partial charge in [-0.15, -0.1) is 0 Å². The summed E-state index contributed by atoms with van der Waals surface area (Å²) < 4.78 is 23.7. The number of carbonyl (C=O) groups is 2. The minimum absolute atomic E-state index is 0.137. The lowest BCUT2D eigenvalue weighted by molar-refractivity contribution is -0.140. The molecule has 1 atom stereocenters. The molecule has 0 saturated carbocycles. The number of benzene rings is 2. The van der Waals surface area contributed by atoms with E-state index in [-0.39, 0.29) is 12.2 Å². The molecule has 0 saturated heterocycles. The second-order valence-corrected chi connectivity index (χ2v) is 7.54. The van der Waals surface area contributed by atoms with Gasteiger partial charge in [-0.2, -0.15) is 0 Å². The quantitative estimate of drug-likeness (QED) is 0.375. The molecule has 168 valence electrons. The number of anilines is 1. The number of amides is 1. The van der Waals surface area contributed by atoms with E-state index in [4.69, 9.17) is 21.7 Å². The van der Waals surface area contributed by atoms with Crippen LogP contribution < -0.4 is 10.6 Å². The van der Waals surface area contributed by atoms with Gasteiger partial charge >= 0.3 is 5.97 Å². The van der Waals surface area contributed by atoms with Gasteiger partial charge in [0, 0.05) is 31.1 Å². The molecular weight excluding hydrogens is 433 g/mol. The normalized spacial score (nSPS) is 15.9. The Morgan fingerprint density at radius 1 is 1.19 bits per heavy atom. The molecule has 1 aliphatic rings. The summed E-state index contributed by atoms with van der Waals surface area (Å²) in [5.41, 5.74) is 2.64. The third kappa shape index (κ3) is 5.30. The Morgan fingerprint density at radius 2 is 1.91 bits per heavy atom. The third-order valence-corrected chi connectivity index (χ3v) is 5.47. The lowest BCUT2D eigenvalue weighted by Gasteiger charge is -2.35. The molecule has 1 aliphatic heterocycles. The lowest BCUT2D eigenvalue weighted by Crippen LogP contribution is -2.46. The van der Waals surface area contributed by atoms with Crippen LogP contribution in [0.2, 0.25) is 0 Å². The van der Waals surface area contributed by atoms with Crippen LogP contribution in [0.25, 0.3) is 0 Å². The van der Waals surface area contributed by atoms with Gasteiger partial charge in [-0.3, -0.25) is 4.79 Å². The number of thiocarbonyl (C=S) groups is 1. The molecule has 9 heteroatoms. The molecule has 0 radical (unpaired) electrons. The van der Waals surface area contributed by atoms with Gasteiger partial charge in [0.15, 0.2) is 5.11 Å². The van der Waals surface area contributed by atoms with Gasteiger partial charge < -0.3 is 25.0 Å². The number of rotatable bonds is 7. The van der Waals surface area contributed by atoms with E-state index in [0.29, 0.717) is 28.7 Å². The molecule has 0 bridgehead atoms. The molecule has 0 aliphatic carbocycles. The van der Waals surface area contributed by atoms with Gasteiger partial charge in [0.05, 0.1) is 18.2 Å². The van der Waals surface area contributed by atoms with Crippen LogP contribution in [0, 0.1) is 5.82 Å². The van der Waals surface area contributed by atoms with Gasteiger partial charge in [-0.25, -0.2) is 9.18 Å². The molecule has 0 fully saturated rings. The first-order valence-electron chi connectivity index (χ1n) is 9.89. The Labute approximate surface area is 191 Å². The fourth-order valence-corrected chi connectivity index (χ4v) is 3.49. The highest BCUT2D eigenvalue weighted by atomic mass is 32.1. The molecule has 32 heavy (non-hydrogen) atoms. The maximum absolute atomic E-state index is 13.4. The Kier molecular flexibility index (Phi) is 7.55. The van der Waals surface area contributed by atoms with Crippen molar-refractivity contribution in [1.29, 1.82) is 0 Å². The molecule has 2 aromatic rings. The van der Waals surface area contributed by atoms with Gasteiger partial charge in [-0.05, 0) is 55.0 Å². The predicted molar refractivity (Wildman–Crippen MR) is 123 cm³/mol. The summed E-state index contributed by atoms with van der Waals surface area (Å²) in [4.78, 5) is 26.8. The Hall–Kier alpha value is -3.30. The Bertz CT molecular complexity index is 1060. The monoisotopic (exact) mass is 457 g/mol. The Balaban J connectivity index is 1.81. The zero-order valence-electron chi connectivity index (χ0n) is 18.0. The van der Waals surface area contributed by atoms with Crippen molar-refractivity contribution in [2.24, 2.45) is 0 Å². The topological polar surface area (TPSA) is 79.9 Å². The van der Waals surface area contributed by atoms with Crippen molar-refractivity contribution in [1.82, 2.24) is 10.2 Å². The van der Waals surface area contributed by atoms with Crippen molar-refractivity contribution in [3.05, 3.63) is 76.7 Å². The number of nitrogens with one attached hydrogen (secondary N) is 2. The Morgan fingerprint density at radius 3 is 2.56 bits per heavy atom. The highest BCUT2D eigenvalue weighted by Crippen LogP contribution is 2.31. The maximum atomic E-state index is 13.4. The summed E-state index contributed by atoms with van der Waals surface area (Å²) in [7, 11) is 3.30. The molecule has 3 rings (SSSR count). The van der Waals surface area contributed by atoms with Crippen LogP contribution in [0.1, 0.15) is 28.9 Å². The third-order valence-electron chi connectivity index (χ3n) is 5.08. The summed E-state index contributed by atoms with van der Waals surface area (Å²) >= 11 is 5.40. The first kappa shape index (κ1) is 23.4. The van der Waals surface area contributed by atoms with E-state index in [9.17, 15) is 14.0 Å². The summed E-state index contributed by atoms with van der Waals surface area (Å²) in [6.45, 7) is 2.24. The van der Waals surface area contributed by atoms with E-state index in [1.165, 1.54) is 31.4 Å². The average Bonchev–Trinajstić information content (AvgIpc) is 2.78. The first-order chi connectivity index (χ1) is 15.3. The fourth-order valence-electron chi connectivity index (χ4n) is 3.24. The van der Waals surface area contributed by atoms with Crippen molar-refractivity contribution in [2.75, 3.05) is 32.7 Å². The number of hydrogen-bond donors (Lipinski definition) is 2. The summed E-state index contributed by atoms with van der Waals surface area (Å²) in [5.74, 6) is -1.37. The van der Waals surface area contributed by atoms with Crippen molar-refractivity contribution >= 4 is 34.9 Å². The molecule has 1 heterocycles. The minimum Gasteiger partial charge on any atom is -0.460 e. The van der Waals surface area contributed by atoms with Crippen LogP contribution in [-0.2, 0) is 14.3 Å². The second-order valence-electron chi connectivity index (χ2n) is 7.16. The average molecular weight is 458 g/mol. The number of allylic oxidation sites excluding steroid dienone is 1. The largest absolute Gasteiger partial charge is 0.460 e. The van der Waals surface area contributed by atoms with Crippen molar-refractivity contribution in [2.45, 2.75) is 13.0 Å². The van der Waals surface area contributed by atoms with E-state index in [0.717, 1.165) is 5.56 Å². The van der Waals surface area contributed by atoms with E-state index in [1.54, 1.807) is 43.1 Å². The van der Waals surface area contributed by atoms with Gasteiger partial charge in [-0.1, -0.05) is 18.2 Å². The lowest BCUT2D eigenvalue weighted by atomic mass is 9.95.